The molecule has 1 saturated heterocycles. The summed E-state index contributed by atoms with van der Waals surface area (Å²) < 4.78 is 38.6. The van der Waals surface area contributed by atoms with Gasteiger partial charge in [-0.1, -0.05) is 5.16 Å². The number of Topliss-reactive ketones (excluding diaryl/α,β-unsaturated/α-hetero) is 1. The summed E-state index contributed by atoms with van der Waals surface area (Å²) in [4.78, 5) is 13.7. The molecule has 31 heavy (non-hydrogen) atoms. The van der Waals surface area contributed by atoms with Gasteiger partial charge in [-0.05, 0) is 49.4 Å². The summed E-state index contributed by atoms with van der Waals surface area (Å²) in [5.41, 5.74) is 2.31. The third-order valence-electron chi connectivity index (χ3n) is 5.38. The molecule has 8 nitrogen and oxygen atoms in total. The van der Waals surface area contributed by atoms with Crippen molar-refractivity contribution in [1.29, 1.82) is 0 Å². The number of piperazine rings is 1. The Balaban J connectivity index is 1.50. The number of carbonyl (C=O) groups excluding carboxylic acids is 1. The summed E-state index contributed by atoms with van der Waals surface area (Å²) in [5.74, 6) is 0.813. The highest BCUT2D eigenvalue weighted by Gasteiger charge is 2.31. The molecule has 1 aliphatic heterocycles. The minimum atomic E-state index is -3.72. The molecule has 4 rings (SSSR count). The summed E-state index contributed by atoms with van der Waals surface area (Å²) in [6, 6.07) is 13.9. The molecule has 2 aromatic carbocycles. The van der Waals surface area contributed by atoms with E-state index in [-0.39, 0.29) is 16.4 Å². The van der Waals surface area contributed by atoms with E-state index >= 15 is 0 Å². The van der Waals surface area contributed by atoms with Gasteiger partial charge in [0, 0.05) is 49.1 Å². The predicted molar refractivity (Wildman–Crippen MR) is 116 cm³/mol. The van der Waals surface area contributed by atoms with Crippen molar-refractivity contribution in [3.05, 3.63) is 60.3 Å². The highest BCUT2D eigenvalue weighted by atomic mass is 32.2. The van der Waals surface area contributed by atoms with Crippen LogP contribution in [0.5, 0.6) is 5.75 Å². The van der Waals surface area contributed by atoms with Crippen LogP contribution in [0.1, 0.15) is 17.3 Å². The zero-order valence-corrected chi connectivity index (χ0v) is 18.1. The fourth-order valence-electron chi connectivity index (χ4n) is 3.63. The van der Waals surface area contributed by atoms with Crippen molar-refractivity contribution < 1.29 is 22.5 Å². The second kappa shape index (κ2) is 8.52. The zero-order valence-electron chi connectivity index (χ0n) is 17.3. The molecule has 0 spiro atoms. The van der Waals surface area contributed by atoms with Crippen molar-refractivity contribution in [1.82, 2.24) is 9.46 Å². The Morgan fingerprint density at radius 3 is 2.32 bits per heavy atom. The molecule has 1 aromatic heterocycles. The molecular formula is C22H23N3O5S. The fourth-order valence-corrected chi connectivity index (χ4v) is 5.19. The van der Waals surface area contributed by atoms with Crippen molar-refractivity contribution in [2.75, 3.05) is 38.2 Å². The molecule has 2 heterocycles. The molecule has 162 valence electrons. The first kappa shape index (κ1) is 21.1. The van der Waals surface area contributed by atoms with E-state index in [1.807, 2.05) is 12.1 Å². The first-order chi connectivity index (χ1) is 14.9. The van der Waals surface area contributed by atoms with E-state index in [2.05, 4.69) is 10.1 Å². The number of anilines is 1. The third kappa shape index (κ3) is 4.19. The summed E-state index contributed by atoms with van der Waals surface area (Å²) in [6.07, 6.45) is 1.53. The number of rotatable bonds is 6. The van der Waals surface area contributed by atoms with Crippen molar-refractivity contribution in [2.45, 2.75) is 11.8 Å². The van der Waals surface area contributed by atoms with Crippen LogP contribution in [0, 0.1) is 0 Å². The number of benzene rings is 2. The van der Waals surface area contributed by atoms with Gasteiger partial charge in [0.15, 0.2) is 11.5 Å². The number of hydrogen-bond acceptors (Lipinski definition) is 7. The number of ether oxygens (including phenoxy) is 1. The summed E-state index contributed by atoms with van der Waals surface area (Å²) in [5, 5.41) is 3.68. The summed E-state index contributed by atoms with van der Waals surface area (Å²) in [7, 11) is -2.28. The second-order valence-electron chi connectivity index (χ2n) is 7.24. The molecule has 3 aromatic rings. The Hall–Kier alpha value is -3.17. The Labute approximate surface area is 181 Å². The number of ketones is 1. The van der Waals surface area contributed by atoms with E-state index in [9.17, 15) is 13.2 Å². The third-order valence-corrected chi connectivity index (χ3v) is 7.32. The van der Waals surface area contributed by atoms with Gasteiger partial charge >= 0.3 is 0 Å². The van der Waals surface area contributed by atoms with Crippen LogP contribution < -0.4 is 9.64 Å². The van der Waals surface area contributed by atoms with E-state index in [4.69, 9.17) is 9.26 Å². The lowest BCUT2D eigenvalue weighted by Crippen LogP contribution is -2.48. The van der Waals surface area contributed by atoms with Gasteiger partial charge in [-0.3, -0.25) is 4.79 Å². The van der Waals surface area contributed by atoms with Crippen LogP contribution in [0.25, 0.3) is 11.3 Å². The number of nitrogens with zero attached hydrogens (tertiary/aromatic N) is 3. The van der Waals surface area contributed by atoms with Crippen LogP contribution in [0.2, 0.25) is 0 Å². The van der Waals surface area contributed by atoms with Crippen molar-refractivity contribution >= 4 is 21.5 Å². The first-order valence-corrected chi connectivity index (χ1v) is 11.3. The molecule has 0 bridgehead atoms. The lowest BCUT2D eigenvalue weighted by atomic mass is 10.1. The number of hydrogen-bond donors (Lipinski definition) is 0. The number of aromatic nitrogens is 1. The van der Waals surface area contributed by atoms with Crippen molar-refractivity contribution in [3.8, 4) is 17.1 Å². The monoisotopic (exact) mass is 441 g/mol. The molecule has 0 N–H and O–H groups in total. The van der Waals surface area contributed by atoms with Crippen molar-refractivity contribution in [3.63, 3.8) is 0 Å². The van der Waals surface area contributed by atoms with Gasteiger partial charge in [0.25, 0.3) is 0 Å². The van der Waals surface area contributed by atoms with E-state index in [0.717, 1.165) is 5.69 Å². The molecule has 1 fully saturated rings. The predicted octanol–water partition coefficient (Wildman–Crippen LogP) is 3.06. The molecular weight excluding hydrogens is 418 g/mol. The van der Waals surface area contributed by atoms with Gasteiger partial charge in [0.05, 0.1) is 13.3 Å². The van der Waals surface area contributed by atoms with E-state index in [0.29, 0.717) is 43.1 Å². The fraction of sp³-hybridized carbons (Fsp3) is 0.273. The van der Waals surface area contributed by atoms with Crippen LogP contribution in [0.15, 0.2) is 64.1 Å². The van der Waals surface area contributed by atoms with E-state index in [1.54, 1.807) is 36.4 Å². The van der Waals surface area contributed by atoms with Crippen LogP contribution in [0.3, 0.4) is 0 Å². The summed E-state index contributed by atoms with van der Waals surface area (Å²) in [6.45, 7) is 3.34. The molecule has 0 amide bonds. The van der Waals surface area contributed by atoms with Gasteiger partial charge in [-0.15, -0.1) is 0 Å². The van der Waals surface area contributed by atoms with Gasteiger partial charge in [0.1, 0.15) is 10.6 Å². The first-order valence-electron chi connectivity index (χ1n) is 9.85. The lowest BCUT2D eigenvalue weighted by molar-refractivity contribution is 0.101. The average molecular weight is 442 g/mol. The molecule has 0 unspecified atom stereocenters. The molecule has 0 radical (unpaired) electrons. The van der Waals surface area contributed by atoms with Gasteiger partial charge in [-0.25, -0.2) is 8.42 Å². The highest BCUT2D eigenvalue weighted by Crippen LogP contribution is 2.32. The van der Waals surface area contributed by atoms with Crippen LogP contribution in [-0.4, -0.2) is 57.0 Å². The normalized spacial score (nSPS) is 15.1. The quantitative estimate of drug-likeness (QED) is 0.543. The SMILES string of the molecule is COc1cc(-c2ccno2)ccc1S(=O)(=O)N1CCN(c2ccc(C(C)=O)cc2)CC1. The van der Waals surface area contributed by atoms with Crippen LogP contribution in [-0.2, 0) is 10.0 Å². The Kier molecular flexibility index (Phi) is 5.79. The molecule has 1 aliphatic rings. The maximum atomic E-state index is 13.3. The molecule has 0 aliphatic carbocycles. The van der Waals surface area contributed by atoms with Crippen molar-refractivity contribution in [2.24, 2.45) is 0 Å². The lowest BCUT2D eigenvalue weighted by Gasteiger charge is -2.35. The highest BCUT2D eigenvalue weighted by molar-refractivity contribution is 7.89. The standard InChI is InChI=1S/C22H23N3O5S/c1-16(26)17-3-6-19(7-4-17)24-11-13-25(14-12-24)31(27,28)22-8-5-18(15-21(22)29-2)20-9-10-23-30-20/h3-10,15H,11-14H2,1-2H3. The maximum Gasteiger partial charge on any atom is 0.246 e. The molecule has 9 heteroatoms. The Bertz CT molecular complexity index is 1170. The Morgan fingerprint density at radius 2 is 1.74 bits per heavy atom. The second-order valence-corrected chi connectivity index (χ2v) is 9.14. The van der Waals surface area contributed by atoms with Gasteiger partial charge in [-0.2, -0.15) is 4.31 Å². The minimum Gasteiger partial charge on any atom is -0.495 e. The number of methoxy groups -OCH3 is 1. The number of carbonyl (C=O) groups is 1. The topological polar surface area (TPSA) is 92.9 Å². The summed E-state index contributed by atoms with van der Waals surface area (Å²) >= 11 is 0. The Morgan fingerprint density at radius 1 is 1.03 bits per heavy atom. The maximum absolute atomic E-state index is 13.3. The van der Waals surface area contributed by atoms with Gasteiger partial charge in [0.2, 0.25) is 10.0 Å². The molecule has 0 atom stereocenters. The zero-order chi connectivity index (χ0) is 22.0. The van der Waals surface area contributed by atoms with E-state index in [1.165, 1.54) is 24.5 Å². The largest absolute Gasteiger partial charge is 0.495 e. The van der Waals surface area contributed by atoms with Crippen LogP contribution in [0.4, 0.5) is 5.69 Å². The molecule has 0 saturated carbocycles. The average Bonchev–Trinajstić information content (AvgIpc) is 3.34. The number of sulfonamides is 1. The minimum absolute atomic E-state index is 0.0192. The van der Waals surface area contributed by atoms with E-state index < -0.39 is 10.0 Å². The smallest absolute Gasteiger partial charge is 0.246 e. The van der Waals surface area contributed by atoms with Gasteiger partial charge < -0.3 is 14.2 Å². The van der Waals surface area contributed by atoms with Crippen LogP contribution >= 0.6 is 0 Å².